The molecule has 0 radical (unpaired) electrons. The highest BCUT2D eigenvalue weighted by atomic mass is 35.5. The van der Waals surface area contributed by atoms with E-state index in [4.69, 9.17) is 16.3 Å². The van der Waals surface area contributed by atoms with Gasteiger partial charge in [0.25, 0.3) is 0 Å². The molecule has 1 aromatic rings. The molecule has 1 aliphatic rings. The van der Waals surface area contributed by atoms with E-state index in [1.807, 2.05) is 18.2 Å². The van der Waals surface area contributed by atoms with E-state index in [9.17, 15) is 0 Å². The summed E-state index contributed by atoms with van der Waals surface area (Å²) < 4.78 is 5.88. The number of rotatable bonds is 0. The van der Waals surface area contributed by atoms with E-state index in [1.165, 1.54) is 0 Å². The van der Waals surface area contributed by atoms with Gasteiger partial charge >= 0.3 is 0 Å². The fourth-order valence-corrected chi connectivity index (χ4v) is 1.85. The molecular weight excluding hydrogens is 198 g/mol. The zero-order valence-electron chi connectivity index (χ0n) is 8.43. The Kier molecular flexibility index (Phi) is 2.41. The van der Waals surface area contributed by atoms with Crippen LogP contribution in [0.25, 0.3) is 0 Å². The molecule has 0 fully saturated rings. The molecule has 0 saturated heterocycles. The maximum Gasteiger partial charge on any atom is 0.143 e. The summed E-state index contributed by atoms with van der Waals surface area (Å²) in [5, 5.41) is 4.03. The van der Waals surface area contributed by atoms with Crippen LogP contribution in [0.1, 0.15) is 19.4 Å². The van der Waals surface area contributed by atoms with Gasteiger partial charge < -0.3 is 10.1 Å². The molecule has 0 bridgehead atoms. The Morgan fingerprint density at radius 3 is 3.00 bits per heavy atom. The number of benzene rings is 1. The third kappa shape index (κ3) is 1.86. The van der Waals surface area contributed by atoms with Crippen LogP contribution in [0.2, 0.25) is 5.02 Å². The van der Waals surface area contributed by atoms with E-state index < -0.39 is 0 Å². The van der Waals surface area contributed by atoms with Crippen molar-refractivity contribution < 1.29 is 4.74 Å². The zero-order chi connectivity index (χ0) is 10.2. The van der Waals surface area contributed by atoms with Gasteiger partial charge in [0.1, 0.15) is 11.4 Å². The van der Waals surface area contributed by atoms with E-state index in [-0.39, 0.29) is 5.60 Å². The van der Waals surface area contributed by atoms with Crippen molar-refractivity contribution in [2.24, 2.45) is 0 Å². The van der Waals surface area contributed by atoms with E-state index >= 15 is 0 Å². The van der Waals surface area contributed by atoms with Gasteiger partial charge in [-0.1, -0.05) is 23.7 Å². The third-order valence-corrected chi connectivity index (χ3v) is 2.59. The lowest BCUT2D eigenvalue weighted by Crippen LogP contribution is -2.37. The van der Waals surface area contributed by atoms with Crippen molar-refractivity contribution in [1.82, 2.24) is 5.32 Å². The molecule has 1 N–H and O–H groups in total. The molecule has 0 aliphatic carbocycles. The fraction of sp³-hybridized carbons (Fsp3) is 0.455. The van der Waals surface area contributed by atoms with Crippen molar-refractivity contribution in [3.05, 3.63) is 28.8 Å². The molecular formula is C11H14ClNO. The van der Waals surface area contributed by atoms with Gasteiger partial charge in [-0.25, -0.2) is 0 Å². The Labute approximate surface area is 89.2 Å². The van der Waals surface area contributed by atoms with Gasteiger partial charge in [-0.3, -0.25) is 0 Å². The quantitative estimate of drug-likeness (QED) is 0.713. The maximum atomic E-state index is 6.09. The second-order valence-corrected chi connectivity index (χ2v) is 4.60. The van der Waals surface area contributed by atoms with Crippen LogP contribution >= 0.6 is 11.6 Å². The minimum atomic E-state index is -0.198. The van der Waals surface area contributed by atoms with Crippen LogP contribution in [-0.2, 0) is 6.54 Å². The van der Waals surface area contributed by atoms with Crippen LogP contribution < -0.4 is 10.1 Å². The molecule has 1 heterocycles. The van der Waals surface area contributed by atoms with Gasteiger partial charge in [0.15, 0.2) is 0 Å². The molecule has 14 heavy (non-hydrogen) atoms. The minimum absolute atomic E-state index is 0.198. The first-order valence-corrected chi connectivity index (χ1v) is 5.13. The van der Waals surface area contributed by atoms with Gasteiger partial charge in [0, 0.05) is 18.7 Å². The van der Waals surface area contributed by atoms with E-state index in [0.29, 0.717) is 5.02 Å². The van der Waals surface area contributed by atoms with Crippen LogP contribution in [0.4, 0.5) is 0 Å². The number of hydrogen-bond donors (Lipinski definition) is 1. The highest BCUT2D eigenvalue weighted by Crippen LogP contribution is 2.33. The first kappa shape index (κ1) is 9.81. The molecule has 0 aromatic heterocycles. The van der Waals surface area contributed by atoms with E-state index in [2.05, 4.69) is 19.2 Å². The second kappa shape index (κ2) is 3.44. The Morgan fingerprint density at radius 2 is 2.21 bits per heavy atom. The normalized spacial score (nSPS) is 19.4. The summed E-state index contributed by atoms with van der Waals surface area (Å²) in [5.41, 5.74) is 0.930. The number of halogens is 1. The number of para-hydroxylation sites is 1. The molecule has 0 saturated carbocycles. The van der Waals surface area contributed by atoms with Gasteiger partial charge in [-0.05, 0) is 19.9 Å². The largest absolute Gasteiger partial charge is 0.485 e. The predicted molar refractivity (Wildman–Crippen MR) is 57.9 cm³/mol. The molecule has 2 nitrogen and oxygen atoms in total. The molecule has 0 atom stereocenters. The fourth-order valence-electron chi connectivity index (χ4n) is 1.62. The van der Waals surface area contributed by atoms with Crippen molar-refractivity contribution in [3.8, 4) is 5.75 Å². The molecule has 0 amide bonds. The average Bonchev–Trinajstić information content (AvgIpc) is 2.24. The summed E-state index contributed by atoms with van der Waals surface area (Å²) in [4.78, 5) is 0. The molecule has 1 aromatic carbocycles. The Bertz CT molecular complexity index is 349. The Balaban J connectivity index is 2.43. The lowest BCUT2D eigenvalue weighted by molar-refractivity contribution is 0.115. The molecule has 76 valence electrons. The van der Waals surface area contributed by atoms with Crippen molar-refractivity contribution in [2.75, 3.05) is 6.54 Å². The first-order chi connectivity index (χ1) is 6.58. The summed E-state index contributed by atoms with van der Waals surface area (Å²) in [7, 11) is 0. The van der Waals surface area contributed by atoms with Gasteiger partial charge in [-0.15, -0.1) is 0 Å². The number of ether oxygens (including phenoxy) is 1. The van der Waals surface area contributed by atoms with E-state index in [1.54, 1.807) is 0 Å². The molecule has 0 unspecified atom stereocenters. The summed E-state index contributed by atoms with van der Waals surface area (Å²) in [5.74, 6) is 0.823. The topological polar surface area (TPSA) is 21.3 Å². The zero-order valence-corrected chi connectivity index (χ0v) is 9.19. The Morgan fingerprint density at radius 1 is 1.43 bits per heavy atom. The lowest BCUT2D eigenvalue weighted by Gasteiger charge is -2.24. The van der Waals surface area contributed by atoms with Gasteiger partial charge in [0.05, 0.1) is 5.02 Å². The average molecular weight is 212 g/mol. The highest BCUT2D eigenvalue weighted by Gasteiger charge is 2.25. The molecule has 1 aliphatic heterocycles. The molecule has 3 heteroatoms. The van der Waals surface area contributed by atoms with Gasteiger partial charge in [-0.2, -0.15) is 0 Å². The van der Waals surface area contributed by atoms with Gasteiger partial charge in [0.2, 0.25) is 0 Å². The highest BCUT2D eigenvalue weighted by molar-refractivity contribution is 6.32. The van der Waals surface area contributed by atoms with Crippen LogP contribution in [0.5, 0.6) is 5.75 Å². The summed E-state index contributed by atoms with van der Waals surface area (Å²) >= 11 is 6.09. The minimum Gasteiger partial charge on any atom is -0.485 e. The van der Waals surface area contributed by atoms with Crippen LogP contribution in [0.15, 0.2) is 18.2 Å². The summed E-state index contributed by atoms with van der Waals surface area (Å²) in [6.45, 7) is 5.76. The second-order valence-electron chi connectivity index (χ2n) is 4.19. The summed E-state index contributed by atoms with van der Waals surface area (Å²) in [6.07, 6.45) is 0. The SMILES string of the molecule is CC1(C)CNCc2cccc(Cl)c2O1. The number of nitrogens with one attached hydrogen (secondary N) is 1. The van der Waals surface area contributed by atoms with Crippen LogP contribution in [0, 0.1) is 0 Å². The monoisotopic (exact) mass is 211 g/mol. The lowest BCUT2D eigenvalue weighted by atomic mass is 10.1. The number of fused-ring (bicyclic) bond motifs is 1. The maximum absolute atomic E-state index is 6.09. The standard InChI is InChI=1S/C11H14ClNO/c1-11(2)7-13-6-8-4-3-5-9(12)10(8)14-11/h3-5,13H,6-7H2,1-2H3. The Hall–Kier alpha value is -0.730. The van der Waals surface area contributed by atoms with Crippen LogP contribution in [0.3, 0.4) is 0 Å². The van der Waals surface area contributed by atoms with Crippen molar-refractivity contribution >= 4 is 11.6 Å². The number of hydrogen-bond acceptors (Lipinski definition) is 2. The first-order valence-electron chi connectivity index (χ1n) is 4.76. The summed E-state index contributed by atoms with van der Waals surface area (Å²) in [6, 6.07) is 5.85. The van der Waals surface area contributed by atoms with Crippen molar-refractivity contribution in [1.29, 1.82) is 0 Å². The molecule has 2 rings (SSSR count). The van der Waals surface area contributed by atoms with Crippen molar-refractivity contribution in [2.45, 2.75) is 26.0 Å². The van der Waals surface area contributed by atoms with Crippen molar-refractivity contribution in [3.63, 3.8) is 0 Å². The molecule has 0 spiro atoms. The van der Waals surface area contributed by atoms with E-state index in [0.717, 1.165) is 24.4 Å². The predicted octanol–water partition coefficient (Wildman–Crippen LogP) is 2.60. The van der Waals surface area contributed by atoms with Crippen LogP contribution in [-0.4, -0.2) is 12.1 Å². The smallest absolute Gasteiger partial charge is 0.143 e. The third-order valence-electron chi connectivity index (χ3n) is 2.29.